The van der Waals surface area contributed by atoms with Gasteiger partial charge in [0.15, 0.2) is 0 Å². The predicted molar refractivity (Wildman–Crippen MR) is 69.9 cm³/mol. The van der Waals surface area contributed by atoms with Crippen molar-refractivity contribution in [2.24, 2.45) is 0 Å². The molecule has 0 N–H and O–H groups in total. The van der Waals surface area contributed by atoms with Gasteiger partial charge in [-0.05, 0) is 34.5 Å². The van der Waals surface area contributed by atoms with E-state index in [-0.39, 0.29) is 5.91 Å². The van der Waals surface area contributed by atoms with Crippen molar-refractivity contribution >= 4 is 33.6 Å². The van der Waals surface area contributed by atoms with E-state index < -0.39 is 0 Å². The number of amides is 1. The van der Waals surface area contributed by atoms with Gasteiger partial charge in [0.2, 0.25) is 0 Å². The summed E-state index contributed by atoms with van der Waals surface area (Å²) < 4.78 is 0.788. The molecule has 16 heavy (non-hydrogen) atoms. The van der Waals surface area contributed by atoms with Gasteiger partial charge in [0.05, 0.1) is 0 Å². The molecule has 1 aliphatic rings. The zero-order valence-electron chi connectivity index (χ0n) is 9.07. The van der Waals surface area contributed by atoms with Gasteiger partial charge in [0.1, 0.15) is 5.69 Å². The SMILES string of the molecule is Cc1cnc(C(=O)N2CCSCC2)c(Br)c1. The number of thioether (sulfide) groups is 1. The zero-order chi connectivity index (χ0) is 11.5. The summed E-state index contributed by atoms with van der Waals surface area (Å²) in [4.78, 5) is 18.2. The summed E-state index contributed by atoms with van der Waals surface area (Å²) in [6.07, 6.45) is 1.73. The third-order valence-electron chi connectivity index (χ3n) is 2.48. The van der Waals surface area contributed by atoms with E-state index in [1.807, 2.05) is 29.7 Å². The summed E-state index contributed by atoms with van der Waals surface area (Å²) in [6, 6.07) is 1.93. The van der Waals surface area contributed by atoms with E-state index in [9.17, 15) is 4.79 Å². The third-order valence-corrected chi connectivity index (χ3v) is 4.03. The van der Waals surface area contributed by atoms with E-state index in [4.69, 9.17) is 0 Å². The van der Waals surface area contributed by atoms with E-state index in [0.717, 1.165) is 34.6 Å². The molecule has 0 aromatic carbocycles. The fraction of sp³-hybridized carbons (Fsp3) is 0.455. The molecular formula is C11H13BrN2OS. The summed E-state index contributed by atoms with van der Waals surface area (Å²) in [5, 5.41) is 0. The Morgan fingerprint density at radius 3 is 2.81 bits per heavy atom. The molecule has 0 unspecified atom stereocenters. The molecule has 1 amide bonds. The topological polar surface area (TPSA) is 33.2 Å². The lowest BCUT2D eigenvalue weighted by molar-refractivity contribution is 0.0765. The Morgan fingerprint density at radius 1 is 1.50 bits per heavy atom. The standard InChI is InChI=1S/C11H13BrN2OS/c1-8-6-9(12)10(13-7-8)11(15)14-2-4-16-5-3-14/h6-7H,2-5H2,1H3. The van der Waals surface area contributed by atoms with Gasteiger partial charge in [0, 0.05) is 35.3 Å². The number of pyridine rings is 1. The second-order valence-corrected chi connectivity index (χ2v) is 5.83. The fourth-order valence-corrected chi connectivity index (χ4v) is 3.14. The molecule has 86 valence electrons. The Hall–Kier alpha value is -0.550. The van der Waals surface area contributed by atoms with Gasteiger partial charge in [-0.1, -0.05) is 0 Å². The molecule has 0 aliphatic carbocycles. The Labute approximate surface area is 108 Å². The van der Waals surface area contributed by atoms with Gasteiger partial charge in [-0.15, -0.1) is 0 Å². The van der Waals surface area contributed by atoms with Crippen LogP contribution in [0.25, 0.3) is 0 Å². The fourth-order valence-electron chi connectivity index (χ4n) is 1.61. The first-order valence-corrected chi connectivity index (χ1v) is 7.12. The van der Waals surface area contributed by atoms with E-state index in [1.54, 1.807) is 6.20 Å². The minimum Gasteiger partial charge on any atom is -0.336 e. The molecule has 2 rings (SSSR count). The smallest absolute Gasteiger partial charge is 0.273 e. The Kier molecular flexibility index (Phi) is 3.86. The maximum Gasteiger partial charge on any atom is 0.273 e. The summed E-state index contributed by atoms with van der Waals surface area (Å²) in [5.41, 5.74) is 1.58. The quantitative estimate of drug-likeness (QED) is 0.798. The average Bonchev–Trinajstić information content (AvgIpc) is 2.29. The molecule has 1 aromatic heterocycles. The number of rotatable bonds is 1. The van der Waals surface area contributed by atoms with E-state index in [2.05, 4.69) is 20.9 Å². The second kappa shape index (κ2) is 5.19. The van der Waals surface area contributed by atoms with Crippen LogP contribution in [0.3, 0.4) is 0 Å². The largest absolute Gasteiger partial charge is 0.336 e. The van der Waals surface area contributed by atoms with Crippen molar-refractivity contribution in [2.75, 3.05) is 24.6 Å². The maximum atomic E-state index is 12.2. The van der Waals surface area contributed by atoms with E-state index in [1.165, 1.54) is 0 Å². The van der Waals surface area contributed by atoms with Crippen LogP contribution in [0.2, 0.25) is 0 Å². The molecule has 0 spiro atoms. The normalized spacial score (nSPS) is 16.2. The van der Waals surface area contributed by atoms with Crippen LogP contribution >= 0.6 is 27.7 Å². The highest BCUT2D eigenvalue weighted by Gasteiger charge is 2.21. The summed E-state index contributed by atoms with van der Waals surface area (Å²) >= 11 is 5.29. The number of hydrogen-bond acceptors (Lipinski definition) is 3. The number of halogens is 1. The molecule has 0 atom stereocenters. The van der Waals surface area contributed by atoms with Crippen molar-refractivity contribution in [1.82, 2.24) is 9.88 Å². The van der Waals surface area contributed by atoms with Crippen LogP contribution in [0, 0.1) is 6.92 Å². The van der Waals surface area contributed by atoms with Crippen molar-refractivity contribution in [1.29, 1.82) is 0 Å². The first kappa shape index (κ1) is 11.9. The third kappa shape index (κ3) is 2.58. The molecule has 0 radical (unpaired) electrons. The molecule has 1 fully saturated rings. The molecule has 1 aliphatic heterocycles. The van der Waals surface area contributed by atoms with Crippen LogP contribution < -0.4 is 0 Å². The van der Waals surface area contributed by atoms with Gasteiger partial charge >= 0.3 is 0 Å². The van der Waals surface area contributed by atoms with Crippen LogP contribution in [0.15, 0.2) is 16.7 Å². The van der Waals surface area contributed by atoms with Crippen LogP contribution in [-0.2, 0) is 0 Å². The molecule has 3 nitrogen and oxygen atoms in total. The molecule has 2 heterocycles. The number of carbonyl (C=O) groups excluding carboxylic acids is 1. The highest BCUT2D eigenvalue weighted by Crippen LogP contribution is 2.19. The van der Waals surface area contributed by atoms with Gasteiger partial charge < -0.3 is 4.90 Å². The van der Waals surface area contributed by atoms with Crippen molar-refractivity contribution in [3.8, 4) is 0 Å². The van der Waals surface area contributed by atoms with Gasteiger partial charge in [-0.3, -0.25) is 4.79 Å². The first-order valence-electron chi connectivity index (χ1n) is 5.17. The summed E-state index contributed by atoms with van der Waals surface area (Å²) in [6.45, 7) is 3.61. The van der Waals surface area contributed by atoms with Gasteiger partial charge in [-0.25, -0.2) is 4.98 Å². The Morgan fingerprint density at radius 2 is 2.19 bits per heavy atom. The monoisotopic (exact) mass is 300 g/mol. The van der Waals surface area contributed by atoms with Gasteiger partial charge in [0.25, 0.3) is 5.91 Å². The van der Waals surface area contributed by atoms with Crippen molar-refractivity contribution < 1.29 is 4.79 Å². The second-order valence-electron chi connectivity index (χ2n) is 3.75. The Balaban J connectivity index is 2.19. The number of hydrogen-bond donors (Lipinski definition) is 0. The van der Waals surface area contributed by atoms with Crippen LogP contribution in [0.5, 0.6) is 0 Å². The Bertz CT molecular complexity index is 405. The van der Waals surface area contributed by atoms with Gasteiger partial charge in [-0.2, -0.15) is 11.8 Å². The van der Waals surface area contributed by atoms with Crippen LogP contribution in [0.4, 0.5) is 0 Å². The lowest BCUT2D eigenvalue weighted by atomic mass is 10.2. The van der Waals surface area contributed by atoms with Crippen molar-refractivity contribution in [2.45, 2.75) is 6.92 Å². The molecule has 0 saturated carbocycles. The molecule has 5 heteroatoms. The van der Waals surface area contributed by atoms with E-state index >= 15 is 0 Å². The average molecular weight is 301 g/mol. The minimum atomic E-state index is 0.0344. The van der Waals surface area contributed by atoms with E-state index in [0.29, 0.717) is 5.69 Å². The van der Waals surface area contributed by atoms with Crippen LogP contribution in [0.1, 0.15) is 16.1 Å². The molecular weight excluding hydrogens is 288 g/mol. The predicted octanol–water partition coefficient (Wildman–Crippen LogP) is 2.34. The number of aryl methyl sites for hydroxylation is 1. The summed E-state index contributed by atoms with van der Waals surface area (Å²) in [7, 11) is 0. The lowest BCUT2D eigenvalue weighted by Crippen LogP contribution is -2.38. The number of aromatic nitrogens is 1. The molecule has 1 saturated heterocycles. The maximum absolute atomic E-state index is 12.2. The highest BCUT2D eigenvalue weighted by atomic mass is 79.9. The van der Waals surface area contributed by atoms with Crippen molar-refractivity contribution in [3.63, 3.8) is 0 Å². The summed E-state index contributed by atoms with van der Waals surface area (Å²) in [5.74, 6) is 2.08. The lowest BCUT2D eigenvalue weighted by Gasteiger charge is -2.26. The van der Waals surface area contributed by atoms with Crippen molar-refractivity contribution in [3.05, 3.63) is 28.0 Å². The molecule has 1 aromatic rings. The first-order chi connectivity index (χ1) is 7.68. The minimum absolute atomic E-state index is 0.0344. The molecule has 0 bridgehead atoms. The zero-order valence-corrected chi connectivity index (χ0v) is 11.5. The number of carbonyl (C=O) groups is 1. The number of nitrogens with zero attached hydrogens (tertiary/aromatic N) is 2. The highest BCUT2D eigenvalue weighted by molar-refractivity contribution is 9.10. The van der Waals surface area contributed by atoms with Crippen LogP contribution in [-0.4, -0.2) is 40.4 Å².